The minimum Gasteiger partial charge on any atom is -0.374 e. The van der Waals surface area contributed by atoms with Crippen LogP contribution in [0.15, 0.2) is 29.3 Å². The molecule has 5 nitrogen and oxygen atoms in total. The summed E-state index contributed by atoms with van der Waals surface area (Å²) < 4.78 is 5.78. The van der Waals surface area contributed by atoms with Crippen LogP contribution >= 0.6 is 35.6 Å². The molecular weight excluding hydrogens is 439 g/mol. The highest BCUT2D eigenvalue weighted by Crippen LogP contribution is 2.16. The van der Waals surface area contributed by atoms with Gasteiger partial charge in [-0.1, -0.05) is 29.8 Å². The molecule has 1 fully saturated rings. The SMILES string of the molecule is CCNC(=NCC1CN(C)CCO1)N(C)Cc1ccccc1Cl.I. The van der Waals surface area contributed by atoms with Gasteiger partial charge >= 0.3 is 0 Å². The number of benzene rings is 1. The number of likely N-dealkylation sites (N-methyl/N-ethyl adjacent to an activating group) is 1. The van der Waals surface area contributed by atoms with E-state index in [1.165, 1.54) is 0 Å². The first-order valence-electron chi connectivity index (χ1n) is 8.13. The molecule has 136 valence electrons. The van der Waals surface area contributed by atoms with Gasteiger partial charge in [0.15, 0.2) is 5.96 Å². The first-order chi connectivity index (χ1) is 11.1. The third-order valence-corrected chi connectivity index (χ3v) is 4.22. The topological polar surface area (TPSA) is 40.1 Å². The summed E-state index contributed by atoms with van der Waals surface area (Å²) in [5.41, 5.74) is 1.09. The Hall–Kier alpha value is -0.570. The van der Waals surface area contributed by atoms with Crippen LogP contribution in [0.25, 0.3) is 0 Å². The molecule has 1 aliphatic heterocycles. The summed E-state index contributed by atoms with van der Waals surface area (Å²) >= 11 is 6.25. The van der Waals surface area contributed by atoms with Crippen LogP contribution in [0.5, 0.6) is 0 Å². The largest absolute Gasteiger partial charge is 0.374 e. The van der Waals surface area contributed by atoms with E-state index < -0.39 is 0 Å². The van der Waals surface area contributed by atoms with Crippen molar-refractivity contribution in [2.45, 2.75) is 19.6 Å². The molecule has 1 N–H and O–H groups in total. The third-order valence-electron chi connectivity index (χ3n) is 3.85. The summed E-state index contributed by atoms with van der Waals surface area (Å²) in [4.78, 5) is 9.11. The van der Waals surface area contributed by atoms with Gasteiger partial charge in [-0.3, -0.25) is 4.99 Å². The van der Waals surface area contributed by atoms with E-state index in [1.807, 2.05) is 31.3 Å². The van der Waals surface area contributed by atoms with Crippen molar-refractivity contribution in [1.29, 1.82) is 0 Å². The van der Waals surface area contributed by atoms with Crippen molar-refractivity contribution in [3.8, 4) is 0 Å². The van der Waals surface area contributed by atoms with Crippen LogP contribution in [0, 0.1) is 0 Å². The molecule has 1 aromatic rings. The molecule has 1 unspecified atom stereocenters. The van der Waals surface area contributed by atoms with Crippen molar-refractivity contribution >= 4 is 41.5 Å². The van der Waals surface area contributed by atoms with Gasteiger partial charge in [-0.05, 0) is 25.6 Å². The van der Waals surface area contributed by atoms with Gasteiger partial charge in [0.2, 0.25) is 0 Å². The van der Waals surface area contributed by atoms with E-state index in [0.717, 1.165) is 49.3 Å². The fourth-order valence-electron chi connectivity index (χ4n) is 2.59. The van der Waals surface area contributed by atoms with E-state index in [4.69, 9.17) is 21.3 Å². The molecule has 1 aliphatic rings. The Balaban J connectivity index is 0.00000288. The molecule has 1 heterocycles. The lowest BCUT2D eigenvalue weighted by molar-refractivity contribution is -0.0137. The van der Waals surface area contributed by atoms with Crippen LogP contribution in [-0.2, 0) is 11.3 Å². The first-order valence-corrected chi connectivity index (χ1v) is 8.51. The Labute approximate surface area is 167 Å². The van der Waals surface area contributed by atoms with Crippen LogP contribution < -0.4 is 5.32 Å². The van der Waals surface area contributed by atoms with Gasteiger partial charge in [-0.2, -0.15) is 0 Å². The van der Waals surface area contributed by atoms with E-state index in [2.05, 4.69) is 29.1 Å². The van der Waals surface area contributed by atoms with Gasteiger partial charge in [0, 0.05) is 38.2 Å². The van der Waals surface area contributed by atoms with Crippen LogP contribution in [0.3, 0.4) is 0 Å². The highest BCUT2D eigenvalue weighted by atomic mass is 127. The molecule has 1 atom stereocenters. The van der Waals surface area contributed by atoms with E-state index >= 15 is 0 Å². The van der Waals surface area contributed by atoms with Crippen LogP contribution in [0.4, 0.5) is 0 Å². The molecule has 0 bridgehead atoms. The number of ether oxygens (including phenoxy) is 1. The molecule has 1 saturated heterocycles. The molecule has 0 aromatic heterocycles. The Morgan fingerprint density at radius 1 is 1.46 bits per heavy atom. The maximum atomic E-state index is 6.25. The highest BCUT2D eigenvalue weighted by molar-refractivity contribution is 14.0. The third kappa shape index (κ3) is 6.74. The number of aliphatic imine (C=N–C) groups is 1. The summed E-state index contributed by atoms with van der Waals surface area (Å²) in [6.07, 6.45) is 0.163. The molecule has 24 heavy (non-hydrogen) atoms. The van der Waals surface area contributed by atoms with Gasteiger partial charge in [0.25, 0.3) is 0 Å². The van der Waals surface area contributed by atoms with Crippen molar-refractivity contribution in [3.63, 3.8) is 0 Å². The number of nitrogens with zero attached hydrogens (tertiary/aromatic N) is 3. The molecule has 0 aliphatic carbocycles. The molecule has 7 heteroatoms. The zero-order chi connectivity index (χ0) is 16.7. The summed E-state index contributed by atoms with van der Waals surface area (Å²) in [5, 5.41) is 4.12. The number of morpholine rings is 1. The van der Waals surface area contributed by atoms with Crippen LogP contribution in [-0.4, -0.2) is 68.7 Å². The Morgan fingerprint density at radius 2 is 2.21 bits per heavy atom. The molecule has 1 aromatic carbocycles. The van der Waals surface area contributed by atoms with Crippen molar-refractivity contribution < 1.29 is 4.74 Å². The van der Waals surface area contributed by atoms with Gasteiger partial charge in [0.05, 0.1) is 19.3 Å². The maximum Gasteiger partial charge on any atom is 0.194 e. The van der Waals surface area contributed by atoms with Gasteiger partial charge in [-0.15, -0.1) is 24.0 Å². The van der Waals surface area contributed by atoms with Crippen molar-refractivity contribution in [1.82, 2.24) is 15.1 Å². The maximum absolute atomic E-state index is 6.25. The van der Waals surface area contributed by atoms with Gasteiger partial charge in [0.1, 0.15) is 0 Å². The van der Waals surface area contributed by atoms with E-state index in [-0.39, 0.29) is 30.1 Å². The molecule has 0 amide bonds. The predicted molar refractivity (Wildman–Crippen MR) is 112 cm³/mol. The minimum atomic E-state index is 0. The van der Waals surface area contributed by atoms with Crippen LogP contribution in [0.1, 0.15) is 12.5 Å². The summed E-state index contributed by atoms with van der Waals surface area (Å²) in [6, 6.07) is 7.91. The summed E-state index contributed by atoms with van der Waals surface area (Å²) in [6.45, 7) is 6.99. The number of halogens is 2. The first kappa shape index (κ1) is 21.5. The smallest absolute Gasteiger partial charge is 0.194 e. The second-order valence-corrected chi connectivity index (χ2v) is 6.30. The Morgan fingerprint density at radius 3 is 2.88 bits per heavy atom. The predicted octanol–water partition coefficient (Wildman–Crippen LogP) is 2.69. The van der Waals surface area contributed by atoms with Crippen molar-refractivity contribution in [2.75, 3.05) is 46.9 Å². The van der Waals surface area contributed by atoms with Gasteiger partial charge in [-0.25, -0.2) is 0 Å². The number of hydrogen-bond acceptors (Lipinski definition) is 3. The number of rotatable bonds is 5. The fraction of sp³-hybridized carbons (Fsp3) is 0.588. The molecular formula is C17H28ClIN4O. The lowest BCUT2D eigenvalue weighted by Crippen LogP contribution is -2.43. The van der Waals surface area contributed by atoms with E-state index in [0.29, 0.717) is 6.54 Å². The molecule has 2 rings (SSSR count). The molecule has 0 spiro atoms. The monoisotopic (exact) mass is 466 g/mol. The average Bonchev–Trinajstić information content (AvgIpc) is 2.53. The van der Waals surface area contributed by atoms with Crippen molar-refractivity contribution in [3.05, 3.63) is 34.9 Å². The number of nitrogens with one attached hydrogen (secondary N) is 1. The molecule has 0 saturated carbocycles. The Kier molecular flexibility index (Phi) is 9.95. The number of guanidine groups is 1. The quantitative estimate of drug-likeness (QED) is 0.411. The summed E-state index contributed by atoms with van der Waals surface area (Å²) in [5.74, 6) is 0.879. The zero-order valence-corrected chi connectivity index (χ0v) is 17.8. The van der Waals surface area contributed by atoms with Crippen molar-refractivity contribution in [2.24, 2.45) is 4.99 Å². The van der Waals surface area contributed by atoms with Gasteiger partial charge < -0.3 is 19.9 Å². The highest BCUT2D eigenvalue weighted by Gasteiger charge is 2.18. The van der Waals surface area contributed by atoms with E-state index in [9.17, 15) is 0 Å². The average molecular weight is 467 g/mol. The standard InChI is InChI=1S/C17H27ClN4O.HI/c1-4-19-17(20-11-15-13-21(2)9-10-23-15)22(3)12-14-7-5-6-8-16(14)18;/h5-8,15H,4,9-13H2,1-3H3,(H,19,20);1H. The van der Waals surface area contributed by atoms with Crippen LogP contribution in [0.2, 0.25) is 5.02 Å². The van der Waals surface area contributed by atoms with E-state index in [1.54, 1.807) is 0 Å². The second-order valence-electron chi connectivity index (χ2n) is 5.90. The fourth-order valence-corrected chi connectivity index (χ4v) is 2.79. The normalized spacial score (nSPS) is 18.8. The second kappa shape index (κ2) is 11.1. The number of hydrogen-bond donors (Lipinski definition) is 1. The lowest BCUT2D eigenvalue weighted by atomic mass is 10.2. The Bertz CT molecular complexity index is 529. The lowest BCUT2D eigenvalue weighted by Gasteiger charge is -2.29. The minimum absolute atomic E-state index is 0. The molecule has 0 radical (unpaired) electrons. The summed E-state index contributed by atoms with van der Waals surface area (Å²) in [7, 11) is 4.15. The zero-order valence-electron chi connectivity index (χ0n) is 14.7.